The van der Waals surface area contributed by atoms with Crippen molar-refractivity contribution in [3.8, 4) is 17.4 Å². The van der Waals surface area contributed by atoms with Gasteiger partial charge in [-0.3, -0.25) is 9.69 Å². The molecule has 0 bridgehead atoms. The van der Waals surface area contributed by atoms with E-state index in [2.05, 4.69) is 37.1 Å². The monoisotopic (exact) mass is 454 g/mol. The van der Waals surface area contributed by atoms with Gasteiger partial charge in [0.05, 0.1) is 32.0 Å². The molecule has 0 spiro atoms. The third-order valence-electron chi connectivity index (χ3n) is 6.42. The predicted molar refractivity (Wildman–Crippen MR) is 124 cm³/mol. The van der Waals surface area contributed by atoms with E-state index in [1.54, 1.807) is 24.8 Å². The summed E-state index contributed by atoms with van der Waals surface area (Å²) in [4.78, 5) is 32.1. The summed E-state index contributed by atoms with van der Waals surface area (Å²) in [7, 11) is 0. The molecule has 9 heteroatoms. The van der Waals surface area contributed by atoms with Crippen molar-refractivity contribution < 1.29 is 14.3 Å². The van der Waals surface area contributed by atoms with Gasteiger partial charge in [0.2, 0.25) is 5.91 Å². The molecule has 2 aliphatic rings. The SMILES string of the molecule is C[C@@H](NC(=O)Cc1cnc(-c2ncc(OCCN3CCOCC3)cn2)nc1)C1CCCCC1. The summed E-state index contributed by atoms with van der Waals surface area (Å²) >= 11 is 0. The zero-order valence-electron chi connectivity index (χ0n) is 19.4. The average molecular weight is 455 g/mol. The lowest BCUT2D eigenvalue weighted by Gasteiger charge is -2.28. The molecule has 1 saturated carbocycles. The number of morpholine rings is 1. The Morgan fingerprint density at radius 3 is 2.36 bits per heavy atom. The molecule has 2 fully saturated rings. The fourth-order valence-corrected chi connectivity index (χ4v) is 4.43. The fraction of sp³-hybridized carbons (Fsp3) is 0.625. The highest BCUT2D eigenvalue weighted by Gasteiger charge is 2.21. The first-order valence-electron chi connectivity index (χ1n) is 12.0. The van der Waals surface area contributed by atoms with Gasteiger partial charge in [-0.15, -0.1) is 0 Å². The molecule has 2 aromatic rings. The molecule has 4 rings (SSSR count). The molecule has 9 nitrogen and oxygen atoms in total. The van der Waals surface area contributed by atoms with Crippen molar-refractivity contribution in [1.29, 1.82) is 0 Å². The van der Waals surface area contributed by atoms with Crippen LogP contribution < -0.4 is 10.1 Å². The minimum Gasteiger partial charge on any atom is -0.489 e. The molecule has 1 atom stereocenters. The lowest BCUT2D eigenvalue weighted by Crippen LogP contribution is -2.39. The van der Waals surface area contributed by atoms with Gasteiger partial charge in [-0.1, -0.05) is 19.3 Å². The first-order chi connectivity index (χ1) is 16.2. The van der Waals surface area contributed by atoms with Gasteiger partial charge >= 0.3 is 0 Å². The second kappa shape index (κ2) is 12.0. The molecule has 33 heavy (non-hydrogen) atoms. The summed E-state index contributed by atoms with van der Waals surface area (Å²) in [6.07, 6.45) is 13.1. The molecule has 2 aromatic heterocycles. The number of amides is 1. The van der Waals surface area contributed by atoms with E-state index in [1.165, 1.54) is 32.1 Å². The molecular formula is C24H34N6O3. The highest BCUT2D eigenvalue weighted by Crippen LogP contribution is 2.26. The molecule has 0 unspecified atom stereocenters. The van der Waals surface area contributed by atoms with Gasteiger partial charge in [-0.2, -0.15) is 0 Å². The van der Waals surface area contributed by atoms with Gasteiger partial charge in [0.25, 0.3) is 0 Å². The number of carbonyl (C=O) groups excluding carboxylic acids is 1. The number of carbonyl (C=O) groups is 1. The lowest BCUT2D eigenvalue weighted by atomic mass is 9.84. The zero-order valence-corrected chi connectivity index (χ0v) is 19.4. The summed E-state index contributed by atoms with van der Waals surface area (Å²) in [6, 6.07) is 0.209. The third-order valence-corrected chi connectivity index (χ3v) is 6.42. The Hall–Kier alpha value is -2.65. The maximum Gasteiger partial charge on any atom is 0.224 e. The van der Waals surface area contributed by atoms with Crippen LogP contribution in [0.3, 0.4) is 0 Å². The molecule has 3 heterocycles. The van der Waals surface area contributed by atoms with Gasteiger partial charge < -0.3 is 14.8 Å². The van der Waals surface area contributed by atoms with Crippen LogP contribution in [-0.2, 0) is 16.0 Å². The Balaban J connectivity index is 1.23. The van der Waals surface area contributed by atoms with E-state index < -0.39 is 0 Å². The van der Waals surface area contributed by atoms with Gasteiger partial charge in [-0.05, 0) is 31.2 Å². The van der Waals surface area contributed by atoms with Crippen molar-refractivity contribution in [2.75, 3.05) is 39.5 Å². The van der Waals surface area contributed by atoms with Crippen LogP contribution in [0.25, 0.3) is 11.6 Å². The van der Waals surface area contributed by atoms with E-state index in [0.717, 1.165) is 38.4 Å². The van der Waals surface area contributed by atoms with Crippen LogP contribution in [-0.4, -0.2) is 76.2 Å². The Labute approximate surface area is 195 Å². The molecule has 0 radical (unpaired) electrons. The van der Waals surface area contributed by atoms with Crippen LogP contribution >= 0.6 is 0 Å². The number of nitrogens with zero attached hydrogens (tertiary/aromatic N) is 5. The summed E-state index contributed by atoms with van der Waals surface area (Å²) < 4.78 is 11.1. The predicted octanol–water partition coefficient (Wildman–Crippen LogP) is 2.27. The lowest BCUT2D eigenvalue weighted by molar-refractivity contribution is -0.121. The van der Waals surface area contributed by atoms with Crippen LogP contribution in [0.15, 0.2) is 24.8 Å². The van der Waals surface area contributed by atoms with Crippen LogP contribution in [0.2, 0.25) is 0 Å². The van der Waals surface area contributed by atoms with Gasteiger partial charge in [0.1, 0.15) is 6.61 Å². The molecule has 1 aliphatic heterocycles. The van der Waals surface area contributed by atoms with E-state index in [4.69, 9.17) is 9.47 Å². The van der Waals surface area contributed by atoms with Crippen molar-refractivity contribution in [2.45, 2.75) is 51.5 Å². The quantitative estimate of drug-likeness (QED) is 0.616. The third kappa shape index (κ3) is 7.17. The Bertz CT molecular complexity index is 865. The maximum absolute atomic E-state index is 12.4. The topological polar surface area (TPSA) is 102 Å². The van der Waals surface area contributed by atoms with E-state index in [-0.39, 0.29) is 18.4 Å². The number of nitrogens with one attached hydrogen (secondary N) is 1. The highest BCUT2D eigenvalue weighted by molar-refractivity contribution is 5.78. The number of hydrogen-bond acceptors (Lipinski definition) is 8. The van der Waals surface area contributed by atoms with Gasteiger partial charge in [0.15, 0.2) is 17.4 Å². The van der Waals surface area contributed by atoms with Crippen LogP contribution in [0.4, 0.5) is 0 Å². The largest absolute Gasteiger partial charge is 0.489 e. The second-order valence-corrected chi connectivity index (χ2v) is 8.89. The minimum atomic E-state index is 0.0132. The van der Waals surface area contributed by atoms with Crippen LogP contribution in [0.5, 0.6) is 5.75 Å². The van der Waals surface area contributed by atoms with Gasteiger partial charge in [-0.25, -0.2) is 19.9 Å². The van der Waals surface area contributed by atoms with Crippen molar-refractivity contribution in [1.82, 2.24) is 30.2 Å². The molecule has 1 saturated heterocycles. The fourth-order valence-electron chi connectivity index (χ4n) is 4.43. The molecule has 0 aromatic carbocycles. The van der Waals surface area contributed by atoms with Crippen molar-refractivity contribution >= 4 is 5.91 Å². The Morgan fingerprint density at radius 2 is 1.70 bits per heavy atom. The average Bonchev–Trinajstić information content (AvgIpc) is 2.86. The molecule has 1 N–H and O–H groups in total. The maximum atomic E-state index is 12.4. The van der Waals surface area contributed by atoms with Crippen molar-refractivity contribution in [3.63, 3.8) is 0 Å². The smallest absolute Gasteiger partial charge is 0.224 e. The molecule has 1 aliphatic carbocycles. The number of rotatable bonds is 9. The molecule has 178 valence electrons. The Kier molecular flexibility index (Phi) is 8.54. The number of hydrogen-bond donors (Lipinski definition) is 1. The van der Waals surface area contributed by atoms with E-state index in [1.807, 2.05) is 0 Å². The van der Waals surface area contributed by atoms with Crippen molar-refractivity contribution in [2.24, 2.45) is 5.92 Å². The summed E-state index contributed by atoms with van der Waals surface area (Å²) in [5.74, 6) is 2.07. The van der Waals surface area contributed by atoms with Gasteiger partial charge in [0, 0.05) is 38.1 Å². The zero-order chi connectivity index (χ0) is 22.9. The van der Waals surface area contributed by atoms with E-state index in [0.29, 0.717) is 29.9 Å². The summed E-state index contributed by atoms with van der Waals surface area (Å²) in [5.41, 5.74) is 0.773. The van der Waals surface area contributed by atoms with Crippen molar-refractivity contribution in [3.05, 3.63) is 30.4 Å². The summed E-state index contributed by atoms with van der Waals surface area (Å²) in [6.45, 7) is 6.97. The second-order valence-electron chi connectivity index (χ2n) is 8.89. The van der Waals surface area contributed by atoms with E-state index in [9.17, 15) is 4.79 Å². The highest BCUT2D eigenvalue weighted by atomic mass is 16.5. The number of aromatic nitrogens is 4. The minimum absolute atomic E-state index is 0.0132. The molecular weight excluding hydrogens is 420 g/mol. The van der Waals surface area contributed by atoms with E-state index >= 15 is 0 Å². The van der Waals surface area contributed by atoms with Crippen LogP contribution in [0.1, 0.15) is 44.6 Å². The Morgan fingerprint density at radius 1 is 1.06 bits per heavy atom. The van der Waals surface area contributed by atoms with Crippen LogP contribution in [0, 0.1) is 5.92 Å². The normalized spacial score (nSPS) is 18.6. The summed E-state index contributed by atoms with van der Waals surface area (Å²) in [5, 5.41) is 3.15. The first-order valence-corrected chi connectivity index (χ1v) is 12.0. The molecule has 1 amide bonds. The first kappa shape index (κ1) is 23.5. The number of ether oxygens (including phenoxy) is 2. The standard InChI is InChI=1S/C24H34N6O3/c1-18(20-5-3-2-4-6-20)29-22(31)13-19-14-25-23(26-15-19)24-27-16-21(17-28-24)33-12-9-30-7-10-32-11-8-30/h14-18,20H,2-13H2,1H3,(H,29,31)/t18-/m1/s1.